The zero-order valence-electron chi connectivity index (χ0n) is 16.5. The summed E-state index contributed by atoms with van der Waals surface area (Å²) in [6, 6.07) is 13.6. The van der Waals surface area contributed by atoms with E-state index in [0.717, 1.165) is 23.7 Å². The van der Waals surface area contributed by atoms with Crippen molar-refractivity contribution in [2.24, 2.45) is 0 Å². The molecule has 0 atom stereocenters. The summed E-state index contributed by atoms with van der Waals surface area (Å²) in [4.78, 5) is 4.52. The Morgan fingerprint density at radius 3 is 2.70 bits per heavy atom. The van der Waals surface area contributed by atoms with Gasteiger partial charge in [-0.1, -0.05) is 23.7 Å². The van der Waals surface area contributed by atoms with Crippen LogP contribution in [0.1, 0.15) is 29.9 Å². The lowest BCUT2D eigenvalue weighted by atomic mass is 9.86. The Bertz CT molecular complexity index is 1360. The quantitative estimate of drug-likeness (QED) is 0.473. The summed E-state index contributed by atoms with van der Waals surface area (Å²) in [5, 5.41) is 5.28. The fraction of sp³-hybridized carbons (Fsp3) is 0.273. The van der Waals surface area contributed by atoms with Gasteiger partial charge in [-0.25, -0.2) is 12.9 Å². The molecule has 4 aromatic rings. The molecule has 1 aliphatic rings. The van der Waals surface area contributed by atoms with Crippen LogP contribution >= 0.6 is 11.6 Å². The first-order valence-corrected chi connectivity index (χ1v) is 11.8. The van der Waals surface area contributed by atoms with E-state index in [1.54, 1.807) is 30.6 Å². The average molecular weight is 441 g/mol. The normalized spacial score (nSPS) is 16.5. The minimum atomic E-state index is -3.72. The number of fused-ring (bicyclic) bond motifs is 2. The van der Waals surface area contributed by atoms with Gasteiger partial charge in [0.15, 0.2) is 5.15 Å². The molecule has 0 spiro atoms. The van der Waals surface area contributed by atoms with Crippen LogP contribution in [-0.4, -0.2) is 40.4 Å². The highest BCUT2D eigenvalue weighted by atomic mass is 35.5. The standard InChI is InChI=1S/C22H21ClN4O2S/c1-15-13-19-17(5-4-9-24-19)14-18(15)16-7-11-26(12-8-16)30(28,29)21-20-6-2-3-10-27(20)25-22(21)23/h2-6,9-10,13-14,16H,7-8,11-12H2,1H3. The summed E-state index contributed by atoms with van der Waals surface area (Å²) in [5.74, 6) is 0.320. The molecule has 0 N–H and O–H groups in total. The zero-order chi connectivity index (χ0) is 20.9. The molecule has 0 bridgehead atoms. The fourth-order valence-electron chi connectivity index (χ4n) is 4.40. The summed E-state index contributed by atoms with van der Waals surface area (Å²) >= 11 is 6.23. The van der Waals surface area contributed by atoms with Gasteiger partial charge in [-0.15, -0.1) is 0 Å². The van der Waals surface area contributed by atoms with E-state index in [1.807, 2.05) is 6.07 Å². The predicted molar refractivity (Wildman–Crippen MR) is 117 cm³/mol. The number of nitrogens with zero attached hydrogens (tertiary/aromatic N) is 4. The van der Waals surface area contributed by atoms with E-state index in [9.17, 15) is 8.42 Å². The first-order valence-electron chi connectivity index (χ1n) is 9.93. The monoisotopic (exact) mass is 440 g/mol. The van der Waals surface area contributed by atoms with Crippen LogP contribution in [0.3, 0.4) is 0 Å². The molecule has 1 aliphatic heterocycles. The Balaban J connectivity index is 1.42. The van der Waals surface area contributed by atoms with Crippen LogP contribution in [0.2, 0.25) is 5.15 Å². The molecule has 0 radical (unpaired) electrons. The second-order valence-corrected chi connectivity index (χ2v) is 9.97. The van der Waals surface area contributed by atoms with Gasteiger partial charge in [0.25, 0.3) is 0 Å². The number of benzene rings is 1. The van der Waals surface area contributed by atoms with Crippen molar-refractivity contribution in [3.8, 4) is 0 Å². The van der Waals surface area contributed by atoms with Crippen LogP contribution in [0.25, 0.3) is 16.4 Å². The van der Waals surface area contributed by atoms with Gasteiger partial charge in [-0.05, 0) is 67.1 Å². The van der Waals surface area contributed by atoms with Gasteiger partial charge in [0.1, 0.15) is 4.90 Å². The van der Waals surface area contributed by atoms with Gasteiger partial charge >= 0.3 is 0 Å². The second-order valence-electron chi connectivity index (χ2n) is 7.73. The Kier molecular flexibility index (Phi) is 4.76. The molecule has 3 aromatic heterocycles. The molecule has 30 heavy (non-hydrogen) atoms. The lowest BCUT2D eigenvalue weighted by molar-refractivity contribution is 0.319. The molecule has 154 valence electrons. The van der Waals surface area contributed by atoms with Crippen molar-refractivity contribution in [3.05, 3.63) is 71.1 Å². The number of pyridine rings is 2. The van der Waals surface area contributed by atoms with Gasteiger partial charge < -0.3 is 0 Å². The Hall–Kier alpha value is -2.48. The molecule has 6 nitrogen and oxygen atoms in total. The number of hydrogen-bond donors (Lipinski definition) is 0. The van der Waals surface area contributed by atoms with E-state index >= 15 is 0 Å². The van der Waals surface area contributed by atoms with Crippen LogP contribution in [-0.2, 0) is 10.0 Å². The third-order valence-corrected chi connectivity index (χ3v) is 8.28. The van der Waals surface area contributed by atoms with E-state index < -0.39 is 10.0 Å². The molecule has 4 heterocycles. The zero-order valence-corrected chi connectivity index (χ0v) is 18.1. The Morgan fingerprint density at radius 1 is 1.10 bits per heavy atom. The molecular formula is C22H21ClN4O2S. The maximum absolute atomic E-state index is 13.3. The van der Waals surface area contributed by atoms with Gasteiger partial charge in [0.2, 0.25) is 10.0 Å². The van der Waals surface area contributed by atoms with Gasteiger partial charge in [-0.2, -0.15) is 9.40 Å². The predicted octanol–water partition coefficient (Wildman–Crippen LogP) is 4.41. The summed E-state index contributed by atoms with van der Waals surface area (Å²) in [6.45, 7) is 3.02. The van der Waals surface area contributed by atoms with Gasteiger partial charge in [0.05, 0.1) is 11.0 Å². The van der Waals surface area contributed by atoms with E-state index in [2.05, 4.69) is 35.2 Å². The lowest BCUT2D eigenvalue weighted by Gasteiger charge is -2.32. The Morgan fingerprint density at radius 2 is 1.90 bits per heavy atom. The van der Waals surface area contributed by atoms with Gasteiger partial charge in [-0.3, -0.25) is 4.98 Å². The summed E-state index contributed by atoms with van der Waals surface area (Å²) in [5.41, 5.74) is 3.97. The topological polar surface area (TPSA) is 67.6 Å². The minimum Gasteiger partial charge on any atom is -0.256 e. The maximum Gasteiger partial charge on any atom is 0.248 e. The van der Waals surface area contributed by atoms with Crippen LogP contribution < -0.4 is 0 Å². The van der Waals surface area contributed by atoms with Crippen molar-refractivity contribution in [3.63, 3.8) is 0 Å². The Labute approximate surface area is 180 Å². The lowest BCUT2D eigenvalue weighted by Crippen LogP contribution is -2.38. The van der Waals surface area contributed by atoms with Crippen LogP contribution in [0.4, 0.5) is 0 Å². The SMILES string of the molecule is Cc1cc2ncccc2cc1C1CCN(S(=O)(=O)c2c(Cl)nn3ccccc23)CC1. The summed E-state index contributed by atoms with van der Waals surface area (Å²) < 4.78 is 29.7. The largest absolute Gasteiger partial charge is 0.256 e. The molecular weight excluding hydrogens is 420 g/mol. The molecule has 0 aliphatic carbocycles. The number of aryl methyl sites for hydroxylation is 1. The first-order chi connectivity index (χ1) is 14.4. The number of halogens is 1. The summed E-state index contributed by atoms with van der Waals surface area (Å²) in [6.07, 6.45) is 5.03. The van der Waals surface area contributed by atoms with Crippen molar-refractivity contribution in [2.75, 3.05) is 13.1 Å². The molecule has 1 aromatic carbocycles. The molecule has 8 heteroatoms. The molecule has 1 saturated heterocycles. The maximum atomic E-state index is 13.3. The molecule has 0 amide bonds. The number of piperidine rings is 1. The van der Waals surface area contributed by atoms with E-state index in [0.29, 0.717) is 24.5 Å². The molecule has 5 rings (SSSR count). The highest BCUT2D eigenvalue weighted by Crippen LogP contribution is 2.36. The molecule has 1 fully saturated rings. The van der Waals surface area contributed by atoms with Crippen molar-refractivity contribution in [1.29, 1.82) is 0 Å². The highest BCUT2D eigenvalue weighted by Gasteiger charge is 2.34. The third-order valence-electron chi connectivity index (χ3n) is 5.94. The molecule has 0 unspecified atom stereocenters. The van der Waals surface area contributed by atoms with E-state index in [1.165, 1.54) is 19.9 Å². The fourth-order valence-corrected chi connectivity index (χ4v) is 6.50. The second kappa shape index (κ2) is 7.34. The van der Waals surface area contributed by atoms with E-state index in [4.69, 9.17) is 11.6 Å². The minimum absolute atomic E-state index is 0.0150. The van der Waals surface area contributed by atoms with E-state index in [-0.39, 0.29) is 10.0 Å². The van der Waals surface area contributed by atoms with Crippen molar-refractivity contribution in [1.82, 2.24) is 18.9 Å². The summed E-state index contributed by atoms with van der Waals surface area (Å²) in [7, 11) is -3.72. The number of rotatable bonds is 3. The van der Waals surface area contributed by atoms with Crippen LogP contribution in [0.5, 0.6) is 0 Å². The van der Waals surface area contributed by atoms with Crippen molar-refractivity contribution < 1.29 is 8.42 Å². The smallest absolute Gasteiger partial charge is 0.248 e. The van der Waals surface area contributed by atoms with Crippen molar-refractivity contribution >= 4 is 38.0 Å². The highest BCUT2D eigenvalue weighted by molar-refractivity contribution is 7.89. The van der Waals surface area contributed by atoms with Crippen LogP contribution in [0.15, 0.2) is 59.8 Å². The number of sulfonamides is 1. The van der Waals surface area contributed by atoms with Crippen molar-refractivity contribution in [2.45, 2.75) is 30.6 Å². The first kappa shape index (κ1) is 19.5. The molecule has 0 saturated carbocycles. The third kappa shape index (κ3) is 3.17. The van der Waals surface area contributed by atoms with Gasteiger partial charge in [0, 0.05) is 30.9 Å². The number of aromatic nitrogens is 3. The number of hydrogen-bond acceptors (Lipinski definition) is 4. The van der Waals surface area contributed by atoms with Crippen LogP contribution in [0, 0.1) is 6.92 Å². The average Bonchev–Trinajstić information content (AvgIpc) is 3.09.